The van der Waals surface area contributed by atoms with Crippen molar-refractivity contribution in [2.45, 2.75) is 83.1 Å². The number of hydrogen-bond donors (Lipinski definition) is 6. The summed E-state index contributed by atoms with van der Waals surface area (Å²) in [6.07, 6.45) is -4.89. The van der Waals surface area contributed by atoms with Crippen LogP contribution in [0.1, 0.15) is 34.1 Å². The summed E-state index contributed by atoms with van der Waals surface area (Å²) in [6.45, 7) is 7.10. The van der Waals surface area contributed by atoms with Crippen molar-refractivity contribution in [2.75, 3.05) is 6.61 Å². The molecule has 0 spiro atoms. The Morgan fingerprint density at radius 3 is 2.33 bits per heavy atom. The van der Waals surface area contributed by atoms with Gasteiger partial charge in [0.25, 0.3) is 0 Å². The van der Waals surface area contributed by atoms with E-state index in [1.54, 1.807) is 13.0 Å². The Bertz CT molecular complexity index is 506. The van der Waals surface area contributed by atoms with Gasteiger partial charge in [0.15, 0.2) is 6.29 Å². The quantitative estimate of drug-likeness (QED) is 0.334. The average molecular weight is 390 g/mol. The van der Waals surface area contributed by atoms with E-state index in [1.165, 1.54) is 0 Å². The number of aliphatic hydroxyl groups excluding tert-OH is 6. The summed E-state index contributed by atoms with van der Waals surface area (Å²) in [4.78, 5) is 0. The molecule has 0 aromatic heterocycles. The van der Waals surface area contributed by atoms with Gasteiger partial charge in [0.05, 0.1) is 24.9 Å². The molecule has 2 aliphatic rings. The first kappa shape index (κ1) is 22.7. The molecule has 1 aliphatic carbocycles. The summed E-state index contributed by atoms with van der Waals surface area (Å²) >= 11 is 0. The SMILES string of the molecule is C[C@H]1[C@@H](O[C@@H]2O[C@H](CO)[C@@H](O)[C@H](O)[C@H]2O)[C@@H](O)CC(C)(C)[C@@H]1/C=C/[C@@H](C)O. The zero-order valence-electron chi connectivity index (χ0n) is 16.3. The van der Waals surface area contributed by atoms with Crippen LogP contribution in [0, 0.1) is 17.3 Å². The third-order valence-corrected chi connectivity index (χ3v) is 5.84. The van der Waals surface area contributed by atoms with E-state index in [-0.39, 0.29) is 17.3 Å². The van der Waals surface area contributed by atoms with E-state index in [0.717, 1.165) is 0 Å². The van der Waals surface area contributed by atoms with Crippen LogP contribution in [0.4, 0.5) is 0 Å². The Kier molecular flexibility index (Phi) is 7.43. The molecule has 1 saturated heterocycles. The maximum atomic E-state index is 10.6. The highest BCUT2D eigenvalue weighted by Crippen LogP contribution is 2.46. The molecule has 2 fully saturated rings. The molecule has 2 rings (SSSR count). The van der Waals surface area contributed by atoms with Crippen LogP contribution < -0.4 is 0 Å². The van der Waals surface area contributed by atoms with Crippen molar-refractivity contribution in [1.82, 2.24) is 0 Å². The van der Waals surface area contributed by atoms with Gasteiger partial charge >= 0.3 is 0 Å². The van der Waals surface area contributed by atoms with Gasteiger partial charge in [-0.25, -0.2) is 0 Å². The van der Waals surface area contributed by atoms with E-state index in [4.69, 9.17) is 9.47 Å². The van der Waals surface area contributed by atoms with E-state index in [1.807, 2.05) is 26.8 Å². The number of allylic oxidation sites excluding steroid dienone is 1. The molecule has 1 aliphatic heterocycles. The van der Waals surface area contributed by atoms with Crippen LogP contribution in [-0.4, -0.2) is 86.3 Å². The van der Waals surface area contributed by atoms with E-state index < -0.39 is 55.6 Å². The van der Waals surface area contributed by atoms with Crippen molar-refractivity contribution in [1.29, 1.82) is 0 Å². The van der Waals surface area contributed by atoms with E-state index >= 15 is 0 Å². The molecule has 1 heterocycles. The Balaban J connectivity index is 2.18. The first-order valence-electron chi connectivity index (χ1n) is 9.50. The molecule has 0 unspecified atom stereocenters. The van der Waals surface area contributed by atoms with Crippen LogP contribution in [0.5, 0.6) is 0 Å². The van der Waals surface area contributed by atoms with Crippen LogP contribution in [0.2, 0.25) is 0 Å². The predicted molar refractivity (Wildman–Crippen MR) is 96.5 cm³/mol. The summed E-state index contributed by atoms with van der Waals surface area (Å²) in [7, 11) is 0. The van der Waals surface area contributed by atoms with Crippen LogP contribution in [-0.2, 0) is 9.47 Å². The van der Waals surface area contributed by atoms with Crippen LogP contribution in [0.25, 0.3) is 0 Å². The van der Waals surface area contributed by atoms with E-state index in [0.29, 0.717) is 6.42 Å². The largest absolute Gasteiger partial charge is 0.394 e. The molecule has 10 atom stereocenters. The standard InChI is InChI=1S/C19H34O8/c1-9(21)5-6-11-10(2)17(12(22)7-19(11,3)4)27-18-16(25)15(24)14(23)13(8-20)26-18/h5-6,9-18,20-25H,7-8H2,1-4H3/b6-5+/t9-,10-,11-,12+,13-,14-,15+,16-,17-,18+/m1/s1. The second-order valence-corrected chi connectivity index (χ2v) is 8.57. The van der Waals surface area contributed by atoms with Gasteiger partial charge < -0.3 is 40.1 Å². The third-order valence-electron chi connectivity index (χ3n) is 5.84. The van der Waals surface area contributed by atoms with Gasteiger partial charge in [-0.05, 0) is 30.6 Å². The van der Waals surface area contributed by atoms with Crippen LogP contribution in [0.3, 0.4) is 0 Å². The number of ether oxygens (including phenoxy) is 2. The highest BCUT2D eigenvalue weighted by Gasteiger charge is 2.50. The lowest BCUT2D eigenvalue weighted by molar-refractivity contribution is -0.326. The maximum Gasteiger partial charge on any atom is 0.187 e. The maximum absolute atomic E-state index is 10.6. The lowest BCUT2D eigenvalue weighted by Gasteiger charge is -2.50. The Labute approximate surface area is 160 Å². The topological polar surface area (TPSA) is 140 Å². The highest BCUT2D eigenvalue weighted by molar-refractivity contribution is 5.06. The van der Waals surface area contributed by atoms with Gasteiger partial charge in [0.2, 0.25) is 0 Å². The minimum absolute atomic E-state index is 0.00890. The van der Waals surface area contributed by atoms with Crippen LogP contribution >= 0.6 is 0 Å². The molecular formula is C19H34O8. The van der Waals surface area contributed by atoms with Gasteiger partial charge in [0.1, 0.15) is 24.4 Å². The van der Waals surface area contributed by atoms with Gasteiger partial charge in [-0.3, -0.25) is 0 Å². The van der Waals surface area contributed by atoms with Crippen molar-refractivity contribution < 1.29 is 40.1 Å². The van der Waals surface area contributed by atoms with Gasteiger partial charge in [-0.2, -0.15) is 0 Å². The minimum atomic E-state index is -1.53. The Morgan fingerprint density at radius 2 is 1.78 bits per heavy atom. The smallest absolute Gasteiger partial charge is 0.187 e. The fourth-order valence-electron chi connectivity index (χ4n) is 4.32. The number of hydrogen-bond acceptors (Lipinski definition) is 8. The predicted octanol–water partition coefficient (Wildman–Crippen LogP) is -0.848. The third kappa shape index (κ3) is 4.89. The Morgan fingerprint density at radius 1 is 1.15 bits per heavy atom. The molecular weight excluding hydrogens is 356 g/mol. The molecule has 0 aromatic carbocycles. The van der Waals surface area contributed by atoms with Crippen molar-refractivity contribution in [3.63, 3.8) is 0 Å². The monoisotopic (exact) mass is 390 g/mol. The first-order valence-corrected chi connectivity index (χ1v) is 9.50. The van der Waals surface area contributed by atoms with Gasteiger partial charge in [-0.1, -0.05) is 32.9 Å². The zero-order chi connectivity index (χ0) is 20.5. The van der Waals surface area contributed by atoms with Crippen LogP contribution in [0.15, 0.2) is 12.2 Å². The van der Waals surface area contributed by atoms with Gasteiger partial charge in [-0.15, -0.1) is 0 Å². The van der Waals surface area contributed by atoms with Gasteiger partial charge in [0, 0.05) is 0 Å². The second kappa shape index (κ2) is 8.84. The molecule has 8 nitrogen and oxygen atoms in total. The average Bonchev–Trinajstić information content (AvgIpc) is 2.57. The first-order chi connectivity index (χ1) is 12.5. The lowest BCUT2D eigenvalue weighted by atomic mass is 9.62. The molecule has 1 saturated carbocycles. The van der Waals surface area contributed by atoms with Crippen molar-refractivity contribution >= 4 is 0 Å². The molecule has 0 radical (unpaired) electrons. The second-order valence-electron chi connectivity index (χ2n) is 8.57. The lowest BCUT2D eigenvalue weighted by Crippen LogP contribution is -2.61. The minimum Gasteiger partial charge on any atom is -0.394 e. The molecule has 158 valence electrons. The summed E-state index contributed by atoms with van der Waals surface area (Å²) in [5.41, 5.74) is -0.237. The molecule has 0 amide bonds. The number of rotatable bonds is 5. The zero-order valence-corrected chi connectivity index (χ0v) is 16.3. The normalized spacial score (nSPS) is 46.5. The number of aliphatic hydroxyl groups is 6. The van der Waals surface area contributed by atoms with Crippen molar-refractivity contribution in [3.8, 4) is 0 Å². The molecule has 0 aromatic rings. The molecule has 27 heavy (non-hydrogen) atoms. The summed E-state index contributed by atoms with van der Waals surface area (Å²) in [5, 5.41) is 59.5. The van der Waals surface area contributed by atoms with E-state index in [2.05, 4.69) is 0 Å². The molecule has 0 bridgehead atoms. The van der Waals surface area contributed by atoms with Crippen molar-refractivity contribution in [3.05, 3.63) is 12.2 Å². The van der Waals surface area contributed by atoms with E-state index in [9.17, 15) is 30.6 Å². The summed E-state index contributed by atoms with van der Waals surface area (Å²) in [5.74, 6) is -0.184. The van der Waals surface area contributed by atoms with Crippen molar-refractivity contribution in [2.24, 2.45) is 17.3 Å². The summed E-state index contributed by atoms with van der Waals surface area (Å²) < 4.78 is 11.3. The fraction of sp³-hybridized carbons (Fsp3) is 0.895. The molecule has 8 heteroatoms. The Hall–Kier alpha value is -0.580. The fourth-order valence-corrected chi connectivity index (χ4v) is 4.32. The highest BCUT2D eigenvalue weighted by atomic mass is 16.7. The summed E-state index contributed by atoms with van der Waals surface area (Å²) in [6, 6.07) is 0. The molecule has 6 N–H and O–H groups in total.